The van der Waals surface area contributed by atoms with Crippen LogP contribution >= 0.6 is 0 Å². The third kappa shape index (κ3) is 4.35. The van der Waals surface area contributed by atoms with Crippen LogP contribution in [0.1, 0.15) is 35.2 Å². The summed E-state index contributed by atoms with van der Waals surface area (Å²) in [6, 6.07) is 5.71. The van der Waals surface area contributed by atoms with Gasteiger partial charge in [-0.25, -0.2) is 0 Å². The first kappa shape index (κ1) is 19.9. The summed E-state index contributed by atoms with van der Waals surface area (Å²) < 4.78 is 41.7. The van der Waals surface area contributed by atoms with Crippen LogP contribution in [0, 0.1) is 12.3 Å². The molecule has 7 heteroatoms. The lowest BCUT2D eigenvalue weighted by molar-refractivity contribution is -0.138. The first-order valence-electron chi connectivity index (χ1n) is 9.20. The molecule has 0 spiro atoms. The van der Waals surface area contributed by atoms with Crippen LogP contribution < -0.4 is 0 Å². The molecule has 1 aliphatic rings. The molecule has 1 fully saturated rings. The highest BCUT2D eigenvalue weighted by Crippen LogP contribution is 2.39. The fraction of sp³-hybridized carbons (Fsp3) is 0.550. The van der Waals surface area contributed by atoms with Crippen molar-refractivity contribution < 1.29 is 18.3 Å². The quantitative estimate of drug-likeness (QED) is 0.861. The lowest BCUT2D eigenvalue weighted by Crippen LogP contribution is -2.43. The minimum atomic E-state index is -4.37. The molecule has 148 valence electrons. The van der Waals surface area contributed by atoms with E-state index in [9.17, 15) is 18.3 Å². The smallest absolute Gasteiger partial charge is 0.396 e. The molecule has 2 heterocycles. The van der Waals surface area contributed by atoms with Crippen molar-refractivity contribution in [1.82, 2.24) is 14.7 Å². The molecule has 2 aromatic rings. The van der Waals surface area contributed by atoms with Gasteiger partial charge in [-0.3, -0.25) is 9.58 Å². The van der Waals surface area contributed by atoms with E-state index in [0.29, 0.717) is 12.8 Å². The largest absolute Gasteiger partial charge is 0.416 e. The summed E-state index contributed by atoms with van der Waals surface area (Å²) in [4.78, 5) is 2.29. The van der Waals surface area contributed by atoms with Crippen molar-refractivity contribution in [2.24, 2.45) is 12.5 Å². The number of halogens is 3. The topological polar surface area (TPSA) is 41.3 Å². The van der Waals surface area contributed by atoms with Gasteiger partial charge in [0.15, 0.2) is 0 Å². The second kappa shape index (κ2) is 7.64. The molecule has 0 aliphatic carbocycles. The van der Waals surface area contributed by atoms with E-state index in [2.05, 4.69) is 10.00 Å². The Morgan fingerprint density at radius 1 is 1.15 bits per heavy atom. The van der Waals surface area contributed by atoms with Crippen LogP contribution in [0.4, 0.5) is 13.2 Å². The number of hydrogen-bond acceptors (Lipinski definition) is 3. The molecule has 0 saturated carbocycles. The fourth-order valence-corrected chi connectivity index (χ4v) is 3.87. The van der Waals surface area contributed by atoms with Gasteiger partial charge in [0.1, 0.15) is 0 Å². The van der Waals surface area contributed by atoms with E-state index < -0.39 is 17.2 Å². The van der Waals surface area contributed by atoms with Crippen molar-refractivity contribution in [3.05, 3.63) is 52.8 Å². The fourth-order valence-electron chi connectivity index (χ4n) is 3.87. The molecular formula is C20H26F3N3O. The lowest BCUT2D eigenvalue weighted by Gasteiger charge is -2.41. The van der Waals surface area contributed by atoms with Gasteiger partial charge in [0.05, 0.1) is 11.8 Å². The van der Waals surface area contributed by atoms with Crippen molar-refractivity contribution in [2.45, 2.75) is 38.9 Å². The zero-order chi connectivity index (χ0) is 19.7. The zero-order valence-corrected chi connectivity index (χ0v) is 15.8. The normalized spacial score (nSPS) is 18.0. The third-order valence-corrected chi connectivity index (χ3v) is 5.87. The van der Waals surface area contributed by atoms with Gasteiger partial charge in [0.2, 0.25) is 0 Å². The number of aromatic nitrogens is 2. The molecular weight excluding hydrogens is 355 g/mol. The van der Waals surface area contributed by atoms with E-state index in [0.717, 1.165) is 37.0 Å². The predicted molar refractivity (Wildman–Crippen MR) is 97.1 cm³/mol. The number of alkyl halides is 3. The number of likely N-dealkylation sites (tertiary alicyclic amines) is 1. The van der Waals surface area contributed by atoms with E-state index in [-0.39, 0.29) is 18.6 Å². The van der Waals surface area contributed by atoms with Crippen LogP contribution in [0.2, 0.25) is 0 Å². The van der Waals surface area contributed by atoms with Crippen molar-refractivity contribution in [3.8, 4) is 0 Å². The Labute approximate surface area is 157 Å². The molecule has 1 saturated heterocycles. The van der Waals surface area contributed by atoms with Gasteiger partial charge < -0.3 is 5.11 Å². The summed E-state index contributed by atoms with van der Waals surface area (Å²) in [5.41, 5.74) is 1.47. The van der Waals surface area contributed by atoms with Crippen LogP contribution in [0.5, 0.6) is 0 Å². The van der Waals surface area contributed by atoms with E-state index in [1.54, 1.807) is 6.07 Å². The number of benzene rings is 1. The van der Waals surface area contributed by atoms with Gasteiger partial charge in [-0.2, -0.15) is 18.3 Å². The summed E-state index contributed by atoms with van der Waals surface area (Å²) in [6.07, 6.45) is -0.905. The molecule has 0 atom stereocenters. The molecule has 4 nitrogen and oxygen atoms in total. The summed E-state index contributed by atoms with van der Waals surface area (Å²) in [5, 5.41) is 14.3. The van der Waals surface area contributed by atoms with E-state index in [1.807, 2.05) is 24.9 Å². The van der Waals surface area contributed by atoms with Crippen LogP contribution in [0.15, 0.2) is 30.5 Å². The first-order valence-corrected chi connectivity index (χ1v) is 9.20. The van der Waals surface area contributed by atoms with Gasteiger partial charge in [0.25, 0.3) is 0 Å². The summed E-state index contributed by atoms with van der Waals surface area (Å²) in [7, 11) is 1.91. The van der Waals surface area contributed by atoms with Gasteiger partial charge in [0, 0.05) is 31.5 Å². The Morgan fingerprint density at radius 3 is 2.37 bits per heavy atom. The number of aryl methyl sites for hydroxylation is 1. The second-order valence-electron chi connectivity index (χ2n) is 7.64. The van der Waals surface area contributed by atoms with Crippen LogP contribution in [0.3, 0.4) is 0 Å². The number of hydrogen-bond donors (Lipinski definition) is 1. The first-order chi connectivity index (χ1) is 12.7. The minimum Gasteiger partial charge on any atom is -0.396 e. The summed E-state index contributed by atoms with van der Waals surface area (Å²) in [5.74, 6) is 0. The molecule has 0 bridgehead atoms. The molecule has 0 unspecified atom stereocenters. The number of nitrogens with zero attached hydrogens (tertiary/aromatic N) is 3. The van der Waals surface area contributed by atoms with E-state index >= 15 is 0 Å². The average Bonchev–Trinajstić information content (AvgIpc) is 2.95. The predicted octanol–water partition coefficient (Wildman–Crippen LogP) is 3.56. The van der Waals surface area contributed by atoms with Crippen molar-refractivity contribution in [3.63, 3.8) is 0 Å². The SMILES string of the molecule is Cc1c(CN2CCC(CO)(Cc3ccccc3C(F)(F)F)CC2)cnn1C. The minimum absolute atomic E-state index is 0.0983. The van der Waals surface area contributed by atoms with Crippen molar-refractivity contribution >= 4 is 0 Å². The van der Waals surface area contributed by atoms with Crippen LogP contribution in [-0.2, 0) is 26.2 Å². The highest BCUT2D eigenvalue weighted by atomic mass is 19.4. The standard InChI is InChI=1S/C20H26F3N3O/c1-15-17(12-24-25(15)2)13-26-9-7-19(14-27,8-10-26)11-16-5-3-4-6-18(16)20(21,22)23/h3-6,12,27H,7-11,13-14H2,1-2H3. The molecule has 0 radical (unpaired) electrons. The molecule has 1 aromatic carbocycles. The molecule has 1 aromatic heterocycles. The Balaban J connectivity index is 1.69. The van der Waals surface area contributed by atoms with Crippen LogP contribution in [-0.4, -0.2) is 39.5 Å². The van der Waals surface area contributed by atoms with Gasteiger partial charge in [-0.15, -0.1) is 0 Å². The number of rotatable bonds is 5. The van der Waals surface area contributed by atoms with Crippen molar-refractivity contribution in [1.29, 1.82) is 0 Å². The molecule has 1 aliphatic heterocycles. The Hall–Kier alpha value is -1.86. The molecule has 0 amide bonds. The maximum atomic E-state index is 13.3. The van der Waals surface area contributed by atoms with Crippen LogP contribution in [0.25, 0.3) is 0 Å². The number of aliphatic hydroxyl groups is 1. The monoisotopic (exact) mass is 381 g/mol. The maximum absolute atomic E-state index is 13.3. The number of aliphatic hydroxyl groups excluding tert-OH is 1. The van der Waals surface area contributed by atoms with Gasteiger partial charge in [-0.05, 0) is 56.3 Å². The highest BCUT2D eigenvalue weighted by Gasteiger charge is 2.38. The van der Waals surface area contributed by atoms with Gasteiger partial charge in [-0.1, -0.05) is 18.2 Å². The summed E-state index contributed by atoms with van der Waals surface area (Å²) in [6.45, 7) is 4.21. The second-order valence-corrected chi connectivity index (χ2v) is 7.64. The molecule has 3 rings (SSSR count). The molecule has 27 heavy (non-hydrogen) atoms. The van der Waals surface area contributed by atoms with Gasteiger partial charge >= 0.3 is 6.18 Å². The van der Waals surface area contributed by atoms with E-state index in [1.165, 1.54) is 12.1 Å². The Morgan fingerprint density at radius 2 is 1.81 bits per heavy atom. The number of piperidine rings is 1. The van der Waals surface area contributed by atoms with E-state index in [4.69, 9.17) is 0 Å². The summed E-state index contributed by atoms with van der Waals surface area (Å²) >= 11 is 0. The maximum Gasteiger partial charge on any atom is 0.416 e. The Bertz CT molecular complexity index is 777. The highest BCUT2D eigenvalue weighted by molar-refractivity contribution is 5.31. The molecule has 1 N–H and O–H groups in total. The third-order valence-electron chi connectivity index (χ3n) is 5.87. The zero-order valence-electron chi connectivity index (χ0n) is 15.8. The van der Waals surface area contributed by atoms with Crippen molar-refractivity contribution in [2.75, 3.05) is 19.7 Å². The average molecular weight is 381 g/mol. The lowest BCUT2D eigenvalue weighted by atomic mass is 9.73. The Kier molecular flexibility index (Phi) is 5.63.